The molecule has 3 aromatic carbocycles. The van der Waals surface area contributed by atoms with Crippen molar-refractivity contribution in [3.05, 3.63) is 89.0 Å². The number of carbonyl (C=O) groups is 2. The number of anilines is 2. The lowest BCUT2D eigenvalue weighted by Crippen LogP contribution is -2.61. The predicted molar refractivity (Wildman–Crippen MR) is 135 cm³/mol. The molecule has 0 aliphatic carbocycles. The molecule has 7 heteroatoms. The topological polar surface area (TPSA) is 59.1 Å². The highest BCUT2D eigenvalue weighted by molar-refractivity contribution is 6.30. The van der Waals surface area contributed by atoms with Crippen LogP contribution in [-0.2, 0) is 9.59 Å². The Kier molecular flexibility index (Phi) is 6.89. The van der Waals surface area contributed by atoms with Gasteiger partial charge in [0.2, 0.25) is 5.91 Å². The molecule has 3 aromatic rings. The molecule has 1 fully saturated rings. The molecular formula is C27H25ClN2O4. The van der Waals surface area contributed by atoms with Crippen LogP contribution in [0.4, 0.5) is 11.4 Å². The van der Waals surface area contributed by atoms with Gasteiger partial charge in [0.05, 0.1) is 19.9 Å². The zero-order valence-electron chi connectivity index (χ0n) is 19.2. The van der Waals surface area contributed by atoms with Gasteiger partial charge in [-0.2, -0.15) is 0 Å². The fraction of sp³-hybridized carbons (Fsp3) is 0.185. The Hall–Kier alpha value is -3.77. The molecular weight excluding hydrogens is 452 g/mol. The van der Waals surface area contributed by atoms with Gasteiger partial charge in [-0.05, 0) is 54.5 Å². The second-order valence-electron chi connectivity index (χ2n) is 7.90. The first-order chi connectivity index (χ1) is 16.4. The van der Waals surface area contributed by atoms with Gasteiger partial charge in [0.1, 0.15) is 24.1 Å². The third-order valence-electron chi connectivity index (χ3n) is 5.73. The first-order valence-corrected chi connectivity index (χ1v) is 11.1. The smallest absolute Gasteiger partial charge is 0.255 e. The van der Waals surface area contributed by atoms with E-state index < -0.39 is 6.04 Å². The normalized spacial score (nSPS) is 16.6. The Bertz CT molecular complexity index is 1230. The molecule has 0 aromatic heterocycles. The summed E-state index contributed by atoms with van der Waals surface area (Å²) in [4.78, 5) is 30.5. The summed E-state index contributed by atoms with van der Waals surface area (Å²) >= 11 is 6.07. The van der Waals surface area contributed by atoms with Gasteiger partial charge in [0.15, 0.2) is 0 Å². The van der Waals surface area contributed by atoms with Gasteiger partial charge >= 0.3 is 0 Å². The molecule has 0 N–H and O–H groups in total. The molecule has 1 aliphatic heterocycles. The van der Waals surface area contributed by atoms with E-state index in [2.05, 4.69) is 0 Å². The van der Waals surface area contributed by atoms with Gasteiger partial charge in [-0.1, -0.05) is 48.0 Å². The van der Waals surface area contributed by atoms with Gasteiger partial charge in [0.25, 0.3) is 5.91 Å². The highest BCUT2D eigenvalue weighted by Gasteiger charge is 2.42. The van der Waals surface area contributed by atoms with E-state index in [4.69, 9.17) is 21.1 Å². The predicted octanol–water partition coefficient (Wildman–Crippen LogP) is 5.21. The van der Waals surface area contributed by atoms with Crippen LogP contribution in [0.2, 0.25) is 5.02 Å². The van der Waals surface area contributed by atoms with Gasteiger partial charge < -0.3 is 9.47 Å². The molecule has 2 amide bonds. The number of piperazine rings is 1. The Balaban J connectivity index is 1.83. The Labute approximate surface area is 204 Å². The number of carbonyl (C=O) groups excluding carboxylic acids is 2. The van der Waals surface area contributed by atoms with Crippen LogP contribution in [0, 0.1) is 0 Å². The standard InChI is InChI=1S/C27H25ClN2O4/c1-18(15-19-7-5-4-6-8-19)26-27(32)29(23-16-22(33-2)13-14-24(23)34-3)17-25(31)30(26)21-11-9-20(28)10-12-21/h4-16,26H,17H2,1-3H3/b18-15-/t26-/m0/s1. The maximum atomic E-state index is 14.0. The summed E-state index contributed by atoms with van der Waals surface area (Å²) < 4.78 is 10.8. The minimum Gasteiger partial charge on any atom is -0.497 e. The van der Waals surface area contributed by atoms with Crippen molar-refractivity contribution in [1.82, 2.24) is 0 Å². The molecule has 1 heterocycles. The number of halogens is 1. The second-order valence-corrected chi connectivity index (χ2v) is 8.34. The number of benzene rings is 3. The maximum absolute atomic E-state index is 14.0. The quantitative estimate of drug-likeness (QED) is 0.490. The van der Waals surface area contributed by atoms with Gasteiger partial charge in [-0.3, -0.25) is 19.4 Å². The van der Waals surface area contributed by atoms with Crippen molar-refractivity contribution in [1.29, 1.82) is 0 Å². The van der Waals surface area contributed by atoms with Crippen molar-refractivity contribution in [2.45, 2.75) is 13.0 Å². The summed E-state index contributed by atoms with van der Waals surface area (Å²) in [5, 5.41) is 0.551. The molecule has 0 spiro atoms. The van der Waals surface area contributed by atoms with Crippen LogP contribution in [0.1, 0.15) is 12.5 Å². The fourth-order valence-corrected chi connectivity index (χ4v) is 4.21. The molecule has 1 atom stereocenters. The molecule has 4 rings (SSSR count). The van der Waals surface area contributed by atoms with Crippen LogP contribution in [-0.4, -0.2) is 38.6 Å². The van der Waals surface area contributed by atoms with Crippen molar-refractivity contribution in [3.63, 3.8) is 0 Å². The molecule has 34 heavy (non-hydrogen) atoms. The highest BCUT2D eigenvalue weighted by Crippen LogP contribution is 2.36. The van der Waals surface area contributed by atoms with E-state index in [-0.39, 0.29) is 18.4 Å². The van der Waals surface area contributed by atoms with Crippen molar-refractivity contribution in [2.24, 2.45) is 0 Å². The van der Waals surface area contributed by atoms with Crippen molar-refractivity contribution in [2.75, 3.05) is 30.6 Å². The lowest BCUT2D eigenvalue weighted by molar-refractivity contribution is -0.127. The average Bonchev–Trinajstić information content (AvgIpc) is 2.85. The number of rotatable bonds is 6. The molecule has 6 nitrogen and oxygen atoms in total. The summed E-state index contributed by atoms with van der Waals surface area (Å²) in [6, 6.07) is 20.9. The van der Waals surface area contributed by atoms with E-state index in [1.165, 1.54) is 16.9 Å². The first-order valence-electron chi connectivity index (χ1n) is 10.8. The average molecular weight is 477 g/mol. The lowest BCUT2D eigenvalue weighted by atomic mass is 9.98. The summed E-state index contributed by atoms with van der Waals surface area (Å²) in [6.07, 6.45) is 1.92. The summed E-state index contributed by atoms with van der Waals surface area (Å²) in [5.41, 5.74) is 2.75. The van der Waals surface area contributed by atoms with Crippen LogP contribution in [0.5, 0.6) is 11.5 Å². The number of hydrogen-bond donors (Lipinski definition) is 0. The van der Waals surface area contributed by atoms with E-state index in [0.29, 0.717) is 27.9 Å². The van der Waals surface area contributed by atoms with E-state index in [1.807, 2.05) is 43.3 Å². The number of amides is 2. The fourth-order valence-electron chi connectivity index (χ4n) is 4.09. The van der Waals surface area contributed by atoms with Crippen LogP contribution >= 0.6 is 11.6 Å². The molecule has 0 saturated carbocycles. The molecule has 174 valence electrons. The number of methoxy groups -OCH3 is 2. The van der Waals surface area contributed by atoms with Crippen LogP contribution in [0.3, 0.4) is 0 Å². The maximum Gasteiger partial charge on any atom is 0.255 e. The van der Waals surface area contributed by atoms with Crippen molar-refractivity contribution < 1.29 is 19.1 Å². The SMILES string of the molecule is COc1ccc(OC)c(N2CC(=O)N(c3ccc(Cl)cc3)[C@@H](/C(C)=C\c3ccccc3)C2=O)c1. The van der Waals surface area contributed by atoms with Gasteiger partial charge in [-0.15, -0.1) is 0 Å². The Morgan fingerprint density at radius 2 is 1.68 bits per heavy atom. The van der Waals surface area contributed by atoms with Crippen LogP contribution in [0.15, 0.2) is 78.4 Å². The molecule has 0 radical (unpaired) electrons. The summed E-state index contributed by atoms with van der Waals surface area (Å²) in [6.45, 7) is 1.72. The third kappa shape index (κ3) is 4.63. The molecule has 0 unspecified atom stereocenters. The van der Waals surface area contributed by atoms with Crippen molar-refractivity contribution >= 4 is 40.9 Å². The Morgan fingerprint density at radius 3 is 2.32 bits per heavy atom. The van der Waals surface area contributed by atoms with Gasteiger partial charge in [-0.25, -0.2) is 0 Å². The number of nitrogens with zero attached hydrogens (tertiary/aromatic N) is 2. The number of hydrogen-bond acceptors (Lipinski definition) is 4. The lowest BCUT2D eigenvalue weighted by Gasteiger charge is -2.41. The van der Waals surface area contributed by atoms with Crippen LogP contribution < -0.4 is 19.3 Å². The van der Waals surface area contributed by atoms with E-state index in [1.54, 1.807) is 49.6 Å². The Morgan fingerprint density at radius 1 is 0.971 bits per heavy atom. The largest absolute Gasteiger partial charge is 0.497 e. The van der Waals surface area contributed by atoms with Gasteiger partial charge in [0, 0.05) is 16.8 Å². The minimum absolute atomic E-state index is 0.139. The van der Waals surface area contributed by atoms with E-state index in [0.717, 1.165) is 11.1 Å². The first kappa shape index (κ1) is 23.4. The van der Waals surface area contributed by atoms with Crippen molar-refractivity contribution in [3.8, 4) is 11.5 Å². The highest BCUT2D eigenvalue weighted by atomic mass is 35.5. The molecule has 1 saturated heterocycles. The zero-order valence-corrected chi connectivity index (χ0v) is 20.0. The number of ether oxygens (including phenoxy) is 2. The monoisotopic (exact) mass is 476 g/mol. The summed E-state index contributed by atoms with van der Waals surface area (Å²) in [7, 11) is 3.08. The van der Waals surface area contributed by atoms with E-state index in [9.17, 15) is 9.59 Å². The molecule has 1 aliphatic rings. The minimum atomic E-state index is -0.849. The molecule has 0 bridgehead atoms. The van der Waals surface area contributed by atoms with E-state index >= 15 is 0 Å². The van der Waals surface area contributed by atoms with Crippen LogP contribution in [0.25, 0.3) is 6.08 Å². The zero-order chi connectivity index (χ0) is 24.2. The summed E-state index contributed by atoms with van der Waals surface area (Å²) in [5.74, 6) is 0.568. The second kappa shape index (κ2) is 10.0. The third-order valence-corrected chi connectivity index (χ3v) is 5.98.